The molecule has 0 radical (unpaired) electrons. The predicted molar refractivity (Wildman–Crippen MR) is 86.4 cm³/mol. The number of benzene rings is 1. The minimum atomic E-state index is -0.597. The number of fused-ring (bicyclic) bond motifs is 1. The van der Waals surface area contributed by atoms with Gasteiger partial charge in [0.25, 0.3) is 5.91 Å². The average molecular weight is 393 g/mol. The van der Waals surface area contributed by atoms with Crippen molar-refractivity contribution in [1.82, 2.24) is 14.6 Å². The van der Waals surface area contributed by atoms with Crippen molar-refractivity contribution in [2.45, 2.75) is 0 Å². The molecule has 0 unspecified atom stereocenters. The largest absolute Gasteiger partial charge is 0.464 e. The van der Waals surface area contributed by atoms with Crippen LogP contribution < -0.4 is 5.32 Å². The summed E-state index contributed by atoms with van der Waals surface area (Å²) in [5.41, 5.74) is 0.600. The van der Waals surface area contributed by atoms with Gasteiger partial charge in [0.1, 0.15) is 5.82 Å². The maximum atomic E-state index is 13.2. The Morgan fingerprint density at radius 3 is 2.79 bits per heavy atom. The van der Waals surface area contributed by atoms with E-state index in [1.165, 1.54) is 35.9 Å². The summed E-state index contributed by atoms with van der Waals surface area (Å²) >= 11 is 3.30. The Labute approximate surface area is 143 Å². The highest BCUT2D eigenvalue weighted by Crippen LogP contribution is 2.20. The summed E-state index contributed by atoms with van der Waals surface area (Å²) in [5, 5.41) is 6.54. The summed E-state index contributed by atoms with van der Waals surface area (Å²) in [6.07, 6.45) is 0. The van der Waals surface area contributed by atoms with Crippen LogP contribution in [0.4, 0.5) is 10.3 Å². The summed E-state index contributed by atoms with van der Waals surface area (Å²) < 4.78 is 19.7. The van der Waals surface area contributed by atoms with Crippen LogP contribution in [-0.2, 0) is 4.74 Å². The monoisotopic (exact) mass is 392 g/mol. The first-order valence-corrected chi connectivity index (χ1v) is 7.49. The normalized spacial score (nSPS) is 10.6. The zero-order valence-corrected chi connectivity index (χ0v) is 13.9. The van der Waals surface area contributed by atoms with Gasteiger partial charge in [0.05, 0.1) is 11.6 Å². The Kier molecular flexibility index (Phi) is 4.26. The summed E-state index contributed by atoms with van der Waals surface area (Å²) in [6.45, 7) is 0. The number of nitrogens with one attached hydrogen (secondary N) is 1. The molecule has 0 saturated heterocycles. The molecule has 0 aliphatic carbocycles. The lowest BCUT2D eigenvalue weighted by Gasteiger charge is -2.02. The maximum absolute atomic E-state index is 13.2. The number of methoxy groups -OCH3 is 1. The van der Waals surface area contributed by atoms with Gasteiger partial charge >= 0.3 is 5.97 Å². The maximum Gasteiger partial charge on any atom is 0.356 e. The summed E-state index contributed by atoms with van der Waals surface area (Å²) in [6, 6.07) is 8.35. The van der Waals surface area contributed by atoms with E-state index in [-0.39, 0.29) is 17.2 Å². The van der Waals surface area contributed by atoms with Crippen LogP contribution in [0.2, 0.25) is 0 Å². The second-order valence-corrected chi connectivity index (χ2v) is 5.55. The summed E-state index contributed by atoms with van der Waals surface area (Å²) in [5.74, 6) is -1.72. The fourth-order valence-corrected chi connectivity index (χ4v) is 2.44. The quantitative estimate of drug-likeness (QED) is 0.692. The Hall–Kier alpha value is -2.81. The number of carbonyl (C=O) groups excluding carboxylic acids is 2. The van der Waals surface area contributed by atoms with E-state index in [4.69, 9.17) is 0 Å². The van der Waals surface area contributed by atoms with E-state index in [0.717, 1.165) is 6.07 Å². The van der Waals surface area contributed by atoms with Crippen molar-refractivity contribution in [3.05, 3.63) is 57.9 Å². The van der Waals surface area contributed by atoms with Crippen molar-refractivity contribution in [2.24, 2.45) is 0 Å². The molecule has 3 aromatic rings. The van der Waals surface area contributed by atoms with Crippen molar-refractivity contribution >= 4 is 39.4 Å². The number of amides is 1. The summed E-state index contributed by atoms with van der Waals surface area (Å²) in [7, 11) is 1.25. The highest BCUT2D eigenvalue weighted by molar-refractivity contribution is 9.10. The zero-order chi connectivity index (χ0) is 17.3. The number of carbonyl (C=O) groups is 2. The molecule has 2 aromatic heterocycles. The van der Waals surface area contributed by atoms with Crippen LogP contribution in [0.3, 0.4) is 0 Å². The molecule has 1 amide bonds. The van der Waals surface area contributed by atoms with E-state index >= 15 is 0 Å². The molecule has 122 valence electrons. The molecule has 0 atom stereocenters. The van der Waals surface area contributed by atoms with Gasteiger partial charge in [-0.05, 0) is 46.3 Å². The van der Waals surface area contributed by atoms with Crippen LogP contribution >= 0.6 is 15.9 Å². The molecule has 9 heteroatoms. The fraction of sp³-hybridized carbons (Fsp3) is 0.0667. The number of nitrogens with zero attached hydrogens (tertiary/aromatic N) is 3. The third-order valence-electron chi connectivity index (χ3n) is 3.14. The van der Waals surface area contributed by atoms with Gasteiger partial charge in [0.15, 0.2) is 11.3 Å². The predicted octanol–water partition coefficient (Wildman–Crippen LogP) is 2.67. The molecule has 1 N–H and O–H groups in total. The molecule has 0 saturated carbocycles. The number of pyridine rings is 1. The van der Waals surface area contributed by atoms with Gasteiger partial charge in [0.2, 0.25) is 5.95 Å². The number of esters is 1. The first-order chi connectivity index (χ1) is 11.5. The zero-order valence-electron chi connectivity index (χ0n) is 12.3. The Morgan fingerprint density at radius 1 is 1.29 bits per heavy atom. The van der Waals surface area contributed by atoms with Crippen molar-refractivity contribution < 1.29 is 18.7 Å². The molecule has 1 aromatic carbocycles. The molecule has 0 bridgehead atoms. The van der Waals surface area contributed by atoms with E-state index in [0.29, 0.717) is 10.1 Å². The van der Waals surface area contributed by atoms with Crippen LogP contribution in [0.5, 0.6) is 0 Å². The summed E-state index contributed by atoms with van der Waals surface area (Å²) in [4.78, 5) is 28.1. The standard InChI is InChI=1S/C15H10BrFN4O3/c1-24-14(23)11-6-5-10(16)12-18-15(20-21(11)12)19-13(22)8-3-2-4-9(17)7-8/h2-7H,1H3,(H,19,20,22). The number of halogens is 2. The number of hydrogen-bond acceptors (Lipinski definition) is 5. The third-order valence-corrected chi connectivity index (χ3v) is 3.76. The van der Waals surface area contributed by atoms with Crippen LogP contribution in [0.25, 0.3) is 5.65 Å². The second-order valence-electron chi connectivity index (χ2n) is 4.69. The lowest BCUT2D eigenvalue weighted by atomic mass is 10.2. The van der Waals surface area contributed by atoms with E-state index in [1.54, 1.807) is 6.07 Å². The molecule has 7 nitrogen and oxygen atoms in total. The minimum Gasteiger partial charge on any atom is -0.464 e. The van der Waals surface area contributed by atoms with Gasteiger partial charge in [-0.1, -0.05) is 6.07 Å². The van der Waals surface area contributed by atoms with E-state index < -0.39 is 17.7 Å². The molecule has 24 heavy (non-hydrogen) atoms. The van der Waals surface area contributed by atoms with Crippen LogP contribution in [0.1, 0.15) is 20.8 Å². The fourth-order valence-electron chi connectivity index (χ4n) is 2.05. The number of rotatable bonds is 3. The van der Waals surface area contributed by atoms with Gasteiger partial charge in [-0.25, -0.2) is 13.7 Å². The van der Waals surface area contributed by atoms with Gasteiger partial charge in [0, 0.05) is 5.56 Å². The molecular weight excluding hydrogens is 383 g/mol. The van der Waals surface area contributed by atoms with Crippen LogP contribution in [0.15, 0.2) is 40.9 Å². The molecular formula is C15H10BrFN4O3. The number of anilines is 1. The van der Waals surface area contributed by atoms with Gasteiger partial charge in [-0.2, -0.15) is 4.98 Å². The van der Waals surface area contributed by atoms with Gasteiger partial charge in [-0.15, -0.1) is 5.10 Å². The second kappa shape index (κ2) is 6.36. The average Bonchev–Trinajstić information content (AvgIpc) is 2.99. The lowest BCUT2D eigenvalue weighted by molar-refractivity contribution is 0.0590. The van der Waals surface area contributed by atoms with Gasteiger partial charge < -0.3 is 4.74 Å². The van der Waals surface area contributed by atoms with E-state index in [9.17, 15) is 14.0 Å². The first-order valence-electron chi connectivity index (χ1n) is 6.70. The molecule has 0 aliphatic rings. The SMILES string of the molecule is COC(=O)c1ccc(Br)c2nc(NC(=O)c3cccc(F)c3)nn12. The van der Waals surface area contributed by atoms with Crippen molar-refractivity contribution in [2.75, 3.05) is 12.4 Å². The van der Waals surface area contributed by atoms with E-state index in [2.05, 4.69) is 36.1 Å². The smallest absolute Gasteiger partial charge is 0.356 e. The molecule has 0 aliphatic heterocycles. The molecule has 0 fully saturated rings. The first kappa shape index (κ1) is 16.1. The lowest BCUT2D eigenvalue weighted by Crippen LogP contribution is -2.13. The van der Waals surface area contributed by atoms with Crippen LogP contribution in [0, 0.1) is 5.82 Å². The van der Waals surface area contributed by atoms with Crippen molar-refractivity contribution in [1.29, 1.82) is 0 Å². The van der Waals surface area contributed by atoms with Crippen LogP contribution in [-0.4, -0.2) is 33.6 Å². The Bertz CT molecular complexity index is 957. The molecule has 0 spiro atoms. The van der Waals surface area contributed by atoms with Crippen molar-refractivity contribution in [3.8, 4) is 0 Å². The van der Waals surface area contributed by atoms with E-state index in [1.807, 2.05) is 0 Å². The topological polar surface area (TPSA) is 85.6 Å². The highest BCUT2D eigenvalue weighted by atomic mass is 79.9. The highest BCUT2D eigenvalue weighted by Gasteiger charge is 2.17. The molecule has 3 rings (SSSR count). The Balaban J connectivity index is 1.97. The number of hydrogen-bond donors (Lipinski definition) is 1. The number of aromatic nitrogens is 3. The minimum absolute atomic E-state index is 0.0266. The van der Waals surface area contributed by atoms with Crippen molar-refractivity contribution in [3.63, 3.8) is 0 Å². The van der Waals surface area contributed by atoms with Gasteiger partial charge in [-0.3, -0.25) is 10.1 Å². The number of ether oxygens (including phenoxy) is 1. The Morgan fingerprint density at radius 2 is 2.08 bits per heavy atom. The third kappa shape index (κ3) is 2.98. The molecule has 2 heterocycles.